The fourth-order valence-corrected chi connectivity index (χ4v) is 2.36. The van der Waals surface area contributed by atoms with Crippen LogP contribution in [0.2, 0.25) is 0 Å². The third kappa shape index (κ3) is 3.54. The quantitative estimate of drug-likeness (QED) is 0.873. The van der Waals surface area contributed by atoms with E-state index in [9.17, 15) is 9.59 Å². The van der Waals surface area contributed by atoms with Gasteiger partial charge in [0.25, 0.3) is 0 Å². The van der Waals surface area contributed by atoms with Crippen LogP contribution in [-0.2, 0) is 9.59 Å². The van der Waals surface area contributed by atoms with Crippen molar-refractivity contribution < 1.29 is 9.59 Å². The van der Waals surface area contributed by atoms with Crippen LogP contribution in [0.5, 0.6) is 0 Å². The first-order valence-corrected chi connectivity index (χ1v) is 6.93. The van der Waals surface area contributed by atoms with Crippen molar-refractivity contribution >= 4 is 33.4 Å². The van der Waals surface area contributed by atoms with E-state index in [4.69, 9.17) is 5.73 Å². The molecule has 19 heavy (non-hydrogen) atoms. The van der Waals surface area contributed by atoms with Crippen molar-refractivity contribution in [2.24, 2.45) is 11.7 Å². The number of hydrogen-bond donors (Lipinski definition) is 2. The zero-order valence-corrected chi connectivity index (χ0v) is 12.0. The lowest BCUT2D eigenvalue weighted by Gasteiger charge is -2.15. The molecule has 0 radical (unpaired) electrons. The van der Waals surface area contributed by atoms with E-state index in [0.29, 0.717) is 19.6 Å². The Kier molecular flexibility index (Phi) is 4.55. The van der Waals surface area contributed by atoms with E-state index in [0.717, 1.165) is 10.2 Å². The standard InChI is InChI=1S/C13H16BrN3O2/c14-10-1-3-11(4-2-10)16-13(19)9-7-12(18)17(8-9)6-5-15/h1-4,9H,5-8,15H2,(H,16,19). The van der Waals surface area contributed by atoms with Gasteiger partial charge in [-0.15, -0.1) is 0 Å². The van der Waals surface area contributed by atoms with Crippen LogP contribution in [0.25, 0.3) is 0 Å². The highest BCUT2D eigenvalue weighted by Crippen LogP contribution is 2.20. The summed E-state index contributed by atoms with van der Waals surface area (Å²) in [5.41, 5.74) is 6.17. The average Bonchev–Trinajstić information content (AvgIpc) is 2.75. The zero-order valence-electron chi connectivity index (χ0n) is 10.4. The Labute approximate surface area is 120 Å². The van der Waals surface area contributed by atoms with E-state index in [1.165, 1.54) is 0 Å². The highest BCUT2D eigenvalue weighted by atomic mass is 79.9. The van der Waals surface area contributed by atoms with E-state index in [1.54, 1.807) is 4.90 Å². The fraction of sp³-hybridized carbons (Fsp3) is 0.385. The average molecular weight is 326 g/mol. The van der Waals surface area contributed by atoms with Crippen molar-refractivity contribution in [1.82, 2.24) is 4.90 Å². The molecule has 1 unspecified atom stereocenters. The van der Waals surface area contributed by atoms with Gasteiger partial charge in [0.2, 0.25) is 11.8 Å². The van der Waals surface area contributed by atoms with Gasteiger partial charge in [-0.3, -0.25) is 9.59 Å². The van der Waals surface area contributed by atoms with Crippen molar-refractivity contribution in [2.75, 3.05) is 25.0 Å². The third-order valence-electron chi connectivity index (χ3n) is 3.10. The number of amides is 2. The third-order valence-corrected chi connectivity index (χ3v) is 3.62. The summed E-state index contributed by atoms with van der Waals surface area (Å²) in [6.45, 7) is 1.39. The van der Waals surface area contributed by atoms with Gasteiger partial charge in [0, 0.05) is 36.2 Å². The Hall–Kier alpha value is -1.40. The minimum absolute atomic E-state index is 0.00130. The first kappa shape index (κ1) is 14.0. The summed E-state index contributed by atoms with van der Waals surface area (Å²) < 4.78 is 0.954. The molecule has 3 N–H and O–H groups in total. The number of carbonyl (C=O) groups excluding carboxylic acids is 2. The van der Waals surface area contributed by atoms with Crippen LogP contribution < -0.4 is 11.1 Å². The number of benzene rings is 1. The lowest BCUT2D eigenvalue weighted by molar-refractivity contribution is -0.128. The van der Waals surface area contributed by atoms with Gasteiger partial charge in [-0.05, 0) is 24.3 Å². The summed E-state index contributed by atoms with van der Waals surface area (Å²) in [5.74, 6) is -0.403. The molecular weight excluding hydrogens is 310 g/mol. The molecule has 1 aromatic carbocycles. The molecule has 6 heteroatoms. The lowest BCUT2D eigenvalue weighted by atomic mass is 10.1. The van der Waals surface area contributed by atoms with Crippen LogP contribution in [0, 0.1) is 5.92 Å². The van der Waals surface area contributed by atoms with Crippen LogP contribution in [-0.4, -0.2) is 36.3 Å². The van der Waals surface area contributed by atoms with Crippen LogP contribution in [0.15, 0.2) is 28.7 Å². The zero-order chi connectivity index (χ0) is 13.8. The van der Waals surface area contributed by atoms with Crippen LogP contribution >= 0.6 is 15.9 Å². The Bertz CT molecular complexity index is 475. The molecule has 1 fully saturated rings. The predicted octanol–water partition coefficient (Wildman–Crippen LogP) is 1.19. The molecule has 1 aromatic rings. The maximum Gasteiger partial charge on any atom is 0.229 e. The van der Waals surface area contributed by atoms with Gasteiger partial charge in [0.15, 0.2) is 0 Å². The van der Waals surface area contributed by atoms with Crippen molar-refractivity contribution in [3.8, 4) is 0 Å². The molecule has 1 atom stereocenters. The van der Waals surface area contributed by atoms with E-state index < -0.39 is 0 Å². The molecule has 102 valence electrons. The summed E-state index contributed by atoms with van der Waals surface area (Å²) in [6.07, 6.45) is 0.266. The molecule has 5 nitrogen and oxygen atoms in total. The van der Waals surface area contributed by atoms with Gasteiger partial charge in [0.1, 0.15) is 0 Å². The number of nitrogens with two attached hydrogens (primary N) is 1. The smallest absolute Gasteiger partial charge is 0.229 e. The highest BCUT2D eigenvalue weighted by molar-refractivity contribution is 9.10. The molecule has 0 aliphatic carbocycles. The molecule has 1 aliphatic heterocycles. The van der Waals surface area contributed by atoms with E-state index in [1.807, 2.05) is 24.3 Å². The monoisotopic (exact) mass is 325 g/mol. The lowest BCUT2D eigenvalue weighted by Crippen LogP contribution is -2.32. The molecule has 0 spiro atoms. The predicted molar refractivity (Wildman–Crippen MR) is 76.5 cm³/mol. The molecule has 0 saturated carbocycles. The first-order chi connectivity index (χ1) is 9.10. The fourth-order valence-electron chi connectivity index (χ4n) is 2.10. The Balaban J connectivity index is 1.94. The number of likely N-dealkylation sites (tertiary alicyclic amines) is 1. The molecule has 1 saturated heterocycles. The molecule has 1 heterocycles. The second-order valence-electron chi connectivity index (χ2n) is 4.53. The molecule has 0 aromatic heterocycles. The maximum atomic E-state index is 12.1. The molecule has 2 rings (SSSR count). The minimum atomic E-state index is -0.289. The van der Waals surface area contributed by atoms with Gasteiger partial charge in [0.05, 0.1) is 5.92 Å². The van der Waals surface area contributed by atoms with Crippen molar-refractivity contribution in [1.29, 1.82) is 0 Å². The van der Waals surface area contributed by atoms with Crippen LogP contribution in [0.1, 0.15) is 6.42 Å². The number of anilines is 1. The summed E-state index contributed by atoms with van der Waals surface area (Å²) >= 11 is 3.34. The van der Waals surface area contributed by atoms with E-state index >= 15 is 0 Å². The molecule has 2 amide bonds. The first-order valence-electron chi connectivity index (χ1n) is 6.14. The number of nitrogens with one attached hydrogen (secondary N) is 1. The molecule has 1 aliphatic rings. The van der Waals surface area contributed by atoms with Crippen molar-refractivity contribution in [2.45, 2.75) is 6.42 Å². The van der Waals surface area contributed by atoms with Gasteiger partial charge in [-0.2, -0.15) is 0 Å². The summed E-state index contributed by atoms with van der Waals surface area (Å²) in [6, 6.07) is 7.35. The van der Waals surface area contributed by atoms with Gasteiger partial charge < -0.3 is 16.0 Å². The number of halogens is 1. The molecular formula is C13H16BrN3O2. The van der Waals surface area contributed by atoms with E-state index in [-0.39, 0.29) is 24.2 Å². The summed E-state index contributed by atoms with van der Waals surface area (Å²) in [7, 11) is 0. The SMILES string of the molecule is NCCN1CC(C(=O)Nc2ccc(Br)cc2)CC1=O. The summed E-state index contributed by atoms with van der Waals surface area (Å²) in [4.78, 5) is 25.4. The highest BCUT2D eigenvalue weighted by Gasteiger charge is 2.33. The number of hydrogen-bond acceptors (Lipinski definition) is 3. The summed E-state index contributed by atoms with van der Waals surface area (Å²) in [5, 5.41) is 2.82. The largest absolute Gasteiger partial charge is 0.341 e. The maximum absolute atomic E-state index is 12.1. The van der Waals surface area contributed by atoms with Crippen LogP contribution in [0.4, 0.5) is 5.69 Å². The number of nitrogens with zero attached hydrogens (tertiary/aromatic N) is 1. The van der Waals surface area contributed by atoms with Crippen molar-refractivity contribution in [3.63, 3.8) is 0 Å². The van der Waals surface area contributed by atoms with Gasteiger partial charge >= 0.3 is 0 Å². The second kappa shape index (κ2) is 6.16. The second-order valence-corrected chi connectivity index (χ2v) is 5.44. The molecule has 0 bridgehead atoms. The van der Waals surface area contributed by atoms with Gasteiger partial charge in [-0.25, -0.2) is 0 Å². The normalized spacial score (nSPS) is 18.7. The van der Waals surface area contributed by atoms with E-state index in [2.05, 4.69) is 21.2 Å². The Morgan fingerprint density at radius 2 is 2.11 bits per heavy atom. The van der Waals surface area contributed by atoms with Gasteiger partial charge in [-0.1, -0.05) is 15.9 Å². The minimum Gasteiger partial charge on any atom is -0.341 e. The Morgan fingerprint density at radius 1 is 1.42 bits per heavy atom. The van der Waals surface area contributed by atoms with Crippen LogP contribution in [0.3, 0.4) is 0 Å². The Morgan fingerprint density at radius 3 is 2.74 bits per heavy atom. The number of rotatable bonds is 4. The van der Waals surface area contributed by atoms with Crippen molar-refractivity contribution in [3.05, 3.63) is 28.7 Å². The topological polar surface area (TPSA) is 75.4 Å². The number of carbonyl (C=O) groups is 2.